The van der Waals surface area contributed by atoms with Crippen LogP contribution in [0.1, 0.15) is 25.7 Å². The molecule has 0 amide bonds. The number of ether oxygens (including phenoxy) is 1. The smallest absolute Gasteiger partial charge is 0.346 e. The molecular weight excluding hydrogens is 170 g/mol. The number of carboxylic acids is 1. The van der Waals surface area contributed by atoms with Gasteiger partial charge in [-0.05, 0) is 12.8 Å². The molecule has 1 saturated carbocycles. The summed E-state index contributed by atoms with van der Waals surface area (Å²) in [6, 6.07) is 0. The molecule has 72 valence electrons. The quantitative estimate of drug-likeness (QED) is 0.696. The molecule has 4 heteroatoms. The second-order valence-corrected chi connectivity index (χ2v) is 3.61. The molecule has 0 bridgehead atoms. The van der Waals surface area contributed by atoms with E-state index in [-0.39, 0.29) is 0 Å². The maximum absolute atomic E-state index is 10.6. The minimum absolute atomic E-state index is 0.293. The number of carboxylic acid groups (broad SMARTS) is 1. The van der Waals surface area contributed by atoms with E-state index in [1.54, 1.807) is 0 Å². The fraction of sp³-hybridized carbons (Fsp3) is 0.778. The molecule has 1 atom stereocenters. The summed E-state index contributed by atoms with van der Waals surface area (Å²) >= 11 is 0. The molecule has 1 N–H and O–H groups in total. The van der Waals surface area contributed by atoms with Gasteiger partial charge in [0.1, 0.15) is 0 Å². The van der Waals surface area contributed by atoms with Crippen LogP contribution >= 0.6 is 0 Å². The first-order valence-electron chi connectivity index (χ1n) is 4.71. The molecule has 1 heterocycles. The highest BCUT2D eigenvalue weighted by molar-refractivity contribution is 5.85. The van der Waals surface area contributed by atoms with E-state index >= 15 is 0 Å². The molecule has 2 rings (SSSR count). The predicted octanol–water partition coefficient (Wildman–Crippen LogP) is 1.06. The van der Waals surface area contributed by atoms with Crippen molar-refractivity contribution in [3.63, 3.8) is 0 Å². The van der Waals surface area contributed by atoms with Gasteiger partial charge in [0.15, 0.2) is 5.90 Å². The Morgan fingerprint density at radius 1 is 1.46 bits per heavy atom. The standard InChI is InChI=1S/C9H13NO3/c11-9(12)7-5-10-8(13-7)6-3-1-2-4-6/h6-7H,1-5H2,(H,11,12). The Labute approximate surface area is 76.6 Å². The van der Waals surface area contributed by atoms with E-state index in [4.69, 9.17) is 9.84 Å². The van der Waals surface area contributed by atoms with Crippen LogP contribution in [0.2, 0.25) is 0 Å². The molecule has 0 saturated heterocycles. The lowest BCUT2D eigenvalue weighted by Gasteiger charge is -2.10. The summed E-state index contributed by atoms with van der Waals surface area (Å²) in [6.45, 7) is 0.293. The first-order valence-corrected chi connectivity index (χ1v) is 4.71. The number of rotatable bonds is 2. The van der Waals surface area contributed by atoms with E-state index < -0.39 is 12.1 Å². The number of aliphatic imine (C=N–C) groups is 1. The van der Waals surface area contributed by atoms with Gasteiger partial charge in [0.25, 0.3) is 0 Å². The van der Waals surface area contributed by atoms with Crippen molar-refractivity contribution in [2.24, 2.45) is 10.9 Å². The van der Waals surface area contributed by atoms with Gasteiger partial charge in [-0.1, -0.05) is 12.8 Å². The number of hydrogen-bond donors (Lipinski definition) is 1. The zero-order valence-corrected chi connectivity index (χ0v) is 7.40. The summed E-state index contributed by atoms with van der Waals surface area (Å²) in [5.41, 5.74) is 0. The third-order valence-corrected chi connectivity index (χ3v) is 2.66. The lowest BCUT2D eigenvalue weighted by Crippen LogP contribution is -2.25. The van der Waals surface area contributed by atoms with Crippen molar-refractivity contribution in [2.45, 2.75) is 31.8 Å². The average molecular weight is 183 g/mol. The van der Waals surface area contributed by atoms with Crippen LogP contribution in [0.3, 0.4) is 0 Å². The van der Waals surface area contributed by atoms with Gasteiger partial charge in [0.2, 0.25) is 6.10 Å². The van der Waals surface area contributed by atoms with Gasteiger partial charge in [-0.15, -0.1) is 0 Å². The number of aliphatic carboxylic acids is 1. The first kappa shape index (κ1) is 8.53. The van der Waals surface area contributed by atoms with Crippen LogP contribution in [-0.2, 0) is 9.53 Å². The minimum atomic E-state index is -0.906. The summed E-state index contributed by atoms with van der Waals surface area (Å²) < 4.78 is 5.26. The molecule has 0 radical (unpaired) electrons. The van der Waals surface area contributed by atoms with Crippen molar-refractivity contribution in [2.75, 3.05) is 6.54 Å². The lowest BCUT2D eigenvalue weighted by atomic mass is 10.1. The number of nitrogens with zero attached hydrogens (tertiary/aromatic N) is 1. The van der Waals surface area contributed by atoms with Gasteiger partial charge in [-0.2, -0.15) is 0 Å². The Bertz CT molecular complexity index is 243. The van der Waals surface area contributed by atoms with Crippen LogP contribution in [0.15, 0.2) is 4.99 Å². The predicted molar refractivity (Wildman–Crippen MR) is 46.8 cm³/mol. The number of hydrogen-bond acceptors (Lipinski definition) is 3. The van der Waals surface area contributed by atoms with Gasteiger partial charge in [-0.25, -0.2) is 4.79 Å². The van der Waals surface area contributed by atoms with Crippen LogP contribution in [-0.4, -0.2) is 29.6 Å². The van der Waals surface area contributed by atoms with E-state index in [0.717, 1.165) is 12.8 Å². The Morgan fingerprint density at radius 2 is 2.15 bits per heavy atom. The van der Waals surface area contributed by atoms with Crippen molar-refractivity contribution in [3.05, 3.63) is 0 Å². The fourth-order valence-electron chi connectivity index (χ4n) is 1.92. The average Bonchev–Trinajstić information content (AvgIpc) is 2.75. The summed E-state index contributed by atoms with van der Waals surface area (Å²) in [5.74, 6) is 0.172. The SMILES string of the molecule is O=C(O)C1CN=C(C2CCCC2)O1. The first-order chi connectivity index (χ1) is 6.27. The zero-order valence-electron chi connectivity index (χ0n) is 7.40. The van der Waals surface area contributed by atoms with Crippen molar-refractivity contribution < 1.29 is 14.6 Å². The minimum Gasteiger partial charge on any atom is -0.478 e. The second-order valence-electron chi connectivity index (χ2n) is 3.61. The van der Waals surface area contributed by atoms with E-state index in [2.05, 4.69) is 4.99 Å². The third kappa shape index (κ3) is 1.66. The van der Waals surface area contributed by atoms with Crippen LogP contribution in [0.5, 0.6) is 0 Å². The van der Waals surface area contributed by atoms with Crippen molar-refractivity contribution >= 4 is 11.9 Å². The normalized spacial score (nSPS) is 28.6. The van der Waals surface area contributed by atoms with Crippen LogP contribution in [0, 0.1) is 5.92 Å². The van der Waals surface area contributed by atoms with Crippen molar-refractivity contribution in [1.29, 1.82) is 0 Å². The Kier molecular flexibility index (Phi) is 2.20. The summed E-state index contributed by atoms with van der Waals surface area (Å²) in [4.78, 5) is 14.7. The fourth-order valence-corrected chi connectivity index (χ4v) is 1.92. The molecule has 2 aliphatic rings. The summed E-state index contributed by atoms with van der Waals surface area (Å²) in [6.07, 6.45) is 3.90. The molecule has 0 spiro atoms. The van der Waals surface area contributed by atoms with Gasteiger partial charge in [0, 0.05) is 5.92 Å². The summed E-state index contributed by atoms with van der Waals surface area (Å²) in [7, 11) is 0. The van der Waals surface area contributed by atoms with Crippen LogP contribution in [0.4, 0.5) is 0 Å². The van der Waals surface area contributed by atoms with Crippen LogP contribution in [0.25, 0.3) is 0 Å². The molecule has 1 aliphatic carbocycles. The molecular formula is C9H13NO3. The van der Waals surface area contributed by atoms with E-state index in [9.17, 15) is 4.79 Å². The second kappa shape index (κ2) is 3.36. The lowest BCUT2D eigenvalue weighted by molar-refractivity contribution is -0.144. The highest BCUT2D eigenvalue weighted by Gasteiger charge is 2.32. The number of carbonyl (C=O) groups is 1. The monoisotopic (exact) mass is 183 g/mol. The largest absolute Gasteiger partial charge is 0.478 e. The van der Waals surface area contributed by atoms with Crippen molar-refractivity contribution in [1.82, 2.24) is 0 Å². The molecule has 0 aromatic heterocycles. The molecule has 1 aliphatic heterocycles. The zero-order chi connectivity index (χ0) is 9.26. The van der Waals surface area contributed by atoms with Gasteiger partial charge in [0.05, 0.1) is 6.54 Å². The highest BCUT2D eigenvalue weighted by Crippen LogP contribution is 2.28. The summed E-state index contributed by atoms with van der Waals surface area (Å²) in [5, 5.41) is 8.68. The maximum Gasteiger partial charge on any atom is 0.346 e. The Hall–Kier alpha value is -1.06. The Balaban J connectivity index is 1.92. The highest BCUT2D eigenvalue weighted by atomic mass is 16.5. The molecule has 4 nitrogen and oxygen atoms in total. The molecule has 0 aromatic rings. The van der Waals surface area contributed by atoms with Crippen molar-refractivity contribution in [3.8, 4) is 0 Å². The molecule has 0 aromatic carbocycles. The topological polar surface area (TPSA) is 58.9 Å². The molecule has 13 heavy (non-hydrogen) atoms. The molecule has 1 unspecified atom stereocenters. The molecule has 1 fully saturated rings. The van der Waals surface area contributed by atoms with Crippen LogP contribution < -0.4 is 0 Å². The maximum atomic E-state index is 10.6. The Morgan fingerprint density at radius 3 is 2.69 bits per heavy atom. The van der Waals surface area contributed by atoms with E-state index in [0.29, 0.717) is 18.4 Å². The van der Waals surface area contributed by atoms with E-state index in [1.165, 1.54) is 12.8 Å². The third-order valence-electron chi connectivity index (χ3n) is 2.66. The van der Waals surface area contributed by atoms with Gasteiger partial charge < -0.3 is 9.84 Å². The van der Waals surface area contributed by atoms with Gasteiger partial charge in [-0.3, -0.25) is 4.99 Å². The van der Waals surface area contributed by atoms with E-state index in [1.807, 2.05) is 0 Å². The van der Waals surface area contributed by atoms with Gasteiger partial charge >= 0.3 is 5.97 Å².